The molecule has 6 heteroatoms. The number of nitrogens with zero attached hydrogens (tertiary/aromatic N) is 3. The average molecular weight is 394 g/mol. The molecule has 1 saturated heterocycles. The second-order valence-corrected chi connectivity index (χ2v) is 7.66. The summed E-state index contributed by atoms with van der Waals surface area (Å²) in [5.74, 6) is 0.972. The number of amides is 1. The number of para-hydroxylation sites is 2. The number of hydrogen-bond acceptors (Lipinski definition) is 5. The summed E-state index contributed by atoms with van der Waals surface area (Å²) in [5.41, 5.74) is 2.05. The molecule has 2 aromatic carbocycles. The molecule has 0 saturated carbocycles. The largest absolute Gasteiger partial charge is 0.486 e. The van der Waals surface area contributed by atoms with Gasteiger partial charge in [0.05, 0.1) is 12.1 Å². The maximum Gasteiger partial charge on any atom is 0.228 e. The molecule has 28 heavy (non-hydrogen) atoms. The summed E-state index contributed by atoms with van der Waals surface area (Å²) in [4.78, 5) is 21.5. The fourth-order valence-electron chi connectivity index (χ4n) is 3.28. The van der Waals surface area contributed by atoms with Crippen LogP contribution in [0.1, 0.15) is 10.7 Å². The van der Waals surface area contributed by atoms with E-state index in [-0.39, 0.29) is 5.91 Å². The smallest absolute Gasteiger partial charge is 0.228 e. The van der Waals surface area contributed by atoms with Crippen molar-refractivity contribution in [3.8, 4) is 5.75 Å². The van der Waals surface area contributed by atoms with Crippen molar-refractivity contribution in [1.29, 1.82) is 0 Å². The van der Waals surface area contributed by atoms with Crippen molar-refractivity contribution in [2.45, 2.75) is 13.0 Å². The lowest BCUT2D eigenvalue weighted by Crippen LogP contribution is -2.49. The second kappa shape index (κ2) is 8.89. The van der Waals surface area contributed by atoms with E-state index in [0.29, 0.717) is 13.0 Å². The highest BCUT2D eigenvalue weighted by Gasteiger charge is 2.22. The highest BCUT2D eigenvalue weighted by molar-refractivity contribution is 7.09. The van der Waals surface area contributed by atoms with Crippen molar-refractivity contribution < 1.29 is 9.53 Å². The van der Waals surface area contributed by atoms with Crippen LogP contribution in [-0.2, 0) is 17.8 Å². The predicted octanol–water partition coefficient (Wildman–Crippen LogP) is 3.61. The molecule has 144 valence electrons. The summed E-state index contributed by atoms with van der Waals surface area (Å²) in [6.07, 6.45) is 0.354. The fourth-order valence-corrected chi connectivity index (χ4v) is 3.98. The topological polar surface area (TPSA) is 45.7 Å². The van der Waals surface area contributed by atoms with Crippen LogP contribution in [0, 0.1) is 0 Å². The molecular formula is C22H23N3O2S. The van der Waals surface area contributed by atoms with Gasteiger partial charge in [-0.3, -0.25) is 4.79 Å². The monoisotopic (exact) mass is 393 g/mol. The molecule has 1 amide bonds. The Balaban J connectivity index is 1.26. The van der Waals surface area contributed by atoms with Gasteiger partial charge < -0.3 is 14.5 Å². The van der Waals surface area contributed by atoms with Crippen LogP contribution in [0.2, 0.25) is 0 Å². The van der Waals surface area contributed by atoms with Gasteiger partial charge in [0.1, 0.15) is 17.4 Å². The summed E-state index contributed by atoms with van der Waals surface area (Å²) < 4.78 is 5.73. The number of anilines is 1. The first-order valence-electron chi connectivity index (χ1n) is 9.47. The van der Waals surface area contributed by atoms with Crippen LogP contribution < -0.4 is 9.64 Å². The van der Waals surface area contributed by atoms with Gasteiger partial charge in [0, 0.05) is 37.2 Å². The summed E-state index contributed by atoms with van der Waals surface area (Å²) in [7, 11) is 0. The number of thiazole rings is 1. The Labute approximate surface area is 169 Å². The Morgan fingerprint density at radius 2 is 1.64 bits per heavy atom. The van der Waals surface area contributed by atoms with Crippen molar-refractivity contribution in [2.75, 3.05) is 31.1 Å². The molecule has 0 atom stereocenters. The van der Waals surface area contributed by atoms with Gasteiger partial charge in [0.2, 0.25) is 5.91 Å². The third kappa shape index (κ3) is 4.70. The molecule has 0 aliphatic carbocycles. The van der Waals surface area contributed by atoms with Crippen LogP contribution in [0.3, 0.4) is 0 Å². The van der Waals surface area contributed by atoms with Crippen LogP contribution in [0.25, 0.3) is 0 Å². The molecule has 2 heterocycles. The Kier molecular flexibility index (Phi) is 5.87. The molecule has 0 spiro atoms. The number of hydrogen-bond donors (Lipinski definition) is 0. The van der Waals surface area contributed by atoms with Crippen molar-refractivity contribution in [3.05, 3.63) is 76.7 Å². The Morgan fingerprint density at radius 3 is 2.36 bits per heavy atom. The lowest BCUT2D eigenvalue weighted by atomic mass is 10.2. The van der Waals surface area contributed by atoms with Crippen molar-refractivity contribution in [3.63, 3.8) is 0 Å². The van der Waals surface area contributed by atoms with Crippen molar-refractivity contribution in [2.24, 2.45) is 0 Å². The molecule has 1 aromatic heterocycles. The van der Waals surface area contributed by atoms with Gasteiger partial charge in [-0.05, 0) is 24.3 Å². The van der Waals surface area contributed by atoms with Gasteiger partial charge in [-0.1, -0.05) is 36.4 Å². The molecule has 3 aromatic rings. The van der Waals surface area contributed by atoms with Crippen LogP contribution in [-0.4, -0.2) is 42.0 Å². The minimum absolute atomic E-state index is 0.147. The van der Waals surface area contributed by atoms with Crippen LogP contribution in [0.15, 0.2) is 66.0 Å². The second-order valence-electron chi connectivity index (χ2n) is 6.71. The van der Waals surface area contributed by atoms with Gasteiger partial charge in [0.25, 0.3) is 0 Å². The van der Waals surface area contributed by atoms with Gasteiger partial charge >= 0.3 is 0 Å². The van der Waals surface area contributed by atoms with E-state index in [4.69, 9.17) is 4.74 Å². The van der Waals surface area contributed by atoms with Crippen molar-refractivity contribution >= 4 is 22.9 Å². The number of carbonyl (C=O) groups excluding carboxylic acids is 1. The van der Waals surface area contributed by atoms with E-state index in [2.05, 4.69) is 22.0 Å². The van der Waals surface area contributed by atoms with Crippen molar-refractivity contribution in [1.82, 2.24) is 9.88 Å². The van der Waals surface area contributed by atoms with Gasteiger partial charge in [-0.25, -0.2) is 4.98 Å². The number of rotatable bonds is 6. The minimum Gasteiger partial charge on any atom is -0.486 e. The number of carbonyl (C=O) groups is 1. The van der Waals surface area contributed by atoms with E-state index in [9.17, 15) is 4.79 Å². The molecule has 4 rings (SSSR count). The first-order chi connectivity index (χ1) is 13.8. The molecule has 1 aliphatic rings. The zero-order valence-electron chi connectivity index (χ0n) is 15.7. The third-order valence-electron chi connectivity index (χ3n) is 4.79. The predicted molar refractivity (Wildman–Crippen MR) is 112 cm³/mol. The lowest BCUT2D eigenvalue weighted by Gasteiger charge is -2.36. The zero-order chi connectivity index (χ0) is 19.2. The quantitative estimate of drug-likeness (QED) is 0.642. The third-order valence-corrected chi connectivity index (χ3v) is 5.66. The van der Waals surface area contributed by atoms with Crippen LogP contribution >= 0.6 is 11.3 Å². The first kappa shape index (κ1) is 18.5. The Morgan fingerprint density at radius 1 is 0.964 bits per heavy atom. The lowest BCUT2D eigenvalue weighted by molar-refractivity contribution is -0.130. The number of ether oxygens (including phenoxy) is 1. The molecule has 1 aliphatic heterocycles. The van der Waals surface area contributed by atoms with E-state index in [1.165, 1.54) is 5.69 Å². The molecule has 0 N–H and O–H groups in total. The molecule has 1 fully saturated rings. The van der Waals surface area contributed by atoms with E-state index in [0.717, 1.165) is 42.6 Å². The first-order valence-corrected chi connectivity index (χ1v) is 10.3. The SMILES string of the molecule is O=C(Cc1csc(COc2ccccc2)n1)N1CCN(c2ccccc2)CC1. The van der Waals surface area contributed by atoms with E-state index >= 15 is 0 Å². The Hall–Kier alpha value is -2.86. The van der Waals surface area contributed by atoms with Gasteiger partial charge in [-0.15, -0.1) is 11.3 Å². The normalized spacial score (nSPS) is 14.1. The maximum absolute atomic E-state index is 12.6. The maximum atomic E-state index is 12.6. The zero-order valence-corrected chi connectivity index (χ0v) is 16.5. The standard InChI is InChI=1S/C22H23N3O2S/c26-22(25-13-11-24(12-14-25)19-7-3-1-4-8-19)15-18-17-28-21(23-18)16-27-20-9-5-2-6-10-20/h1-10,17H,11-16H2. The highest BCUT2D eigenvalue weighted by Crippen LogP contribution is 2.18. The summed E-state index contributed by atoms with van der Waals surface area (Å²) >= 11 is 1.54. The highest BCUT2D eigenvalue weighted by atomic mass is 32.1. The fraction of sp³-hybridized carbons (Fsp3) is 0.273. The summed E-state index contributed by atoms with van der Waals surface area (Å²) in [5, 5.41) is 2.85. The number of aromatic nitrogens is 1. The summed E-state index contributed by atoms with van der Waals surface area (Å²) in [6.45, 7) is 3.66. The number of benzene rings is 2. The van der Waals surface area contributed by atoms with E-state index < -0.39 is 0 Å². The summed E-state index contributed by atoms with van der Waals surface area (Å²) in [6, 6.07) is 20.0. The van der Waals surface area contributed by atoms with E-state index in [1.54, 1.807) is 11.3 Å². The van der Waals surface area contributed by atoms with Gasteiger partial charge in [0.15, 0.2) is 0 Å². The Bertz CT molecular complexity index is 890. The molecule has 0 unspecified atom stereocenters. The molecule has 0 bridgehead atoms. The number of piperazine rings is 1. The minimum atomic E-state index is 0.147. The van der Waals surface area contributed by atoms with Crippen LogP contribution in [0.5, 0.6) is 5.75 Å². The molecule has 5 nitrogen and oxygen atoms in total. The molecular weight excluding hydrogens is 370 g/mol. The average Bonchev–Trinajstić information content (AvgIpc) is 3.21. The van der Waals surface area contributed by atoms with E-state index in [1.807, 2.05) is 58.8 Å². The molecule has 0 radical (unpaired) electrons. The van der Waals surface area contributed by atoms with Crippen LogP contribution in [0.4, 0.5) is 5.69 Å². The van der Waals surface area contributed by atoms with Gasteiger partial charge in [-0.2, -0.15) is 0 Å².